The summed E-state index contributed by atoms with van der Waals surface area (Å²) in [6, 6.07) is 16.0. The Kier molecular flexibility index (Phi) is 13.6. The Morgan fingerprint density at radius 3 is 2.17 bits per heavy atom. The second-order valence-corrected chi connectivity index (χ2v) is 9.23. The van der Waals surface area contributed by atoms with E-state index in [9.17, 15) is 28.8 Å². The fraction of sp³-hybridized carbons (Fsp3) is 0.379. The molecule has 3 amide bonds. The molecule has 0 aliphatic rings. The summed E-state index contributed by atoms with van der Waals surface area (Å²) in [6.45, 7) is 0.809. The lowest BCUT2D eigenvalue weighted by molar-refractivity contribution is -0.156. The van der Waals surface area contributed by atoms with E-state index in [1.807, 2.05) is 18.2 Å². The van der Waals surface area contributed by atoms with Gasteiger partial charge in [0.2, 0.25) is 11.6 Å². The highest BCUT2D eigenvalue weighted by Gasteiger charge is 2.37. The van der Waals surface area contributed by atoms with Gasteiger partial charge in [0.1, 0.15) is 12.6 Å². The maximum atomic E-state index is 13.1. The number of hydrogen-bond acceptors (Lipinski definition) is 9. The van der Waals surface area contributed by atoms with Crippen molar-refractivity contribution in [2.45, 2.75) is 51.0 Å². The van der Waals surface area contributed by atoms with Gasteiger partial charge in [-0.1, -0.05) is 60.7 Å². The molecule has 2 aromatic rings. The molecular formula is C29H35N3O10. The van der Waals surface area contributed by atoms with Crippen LogP contribution < -0.4 is 16.0 Å². The molecule has 0 spiro atoms. The number of carboxylic acid groups (broad SMARTS) is 1. The molecule has 2 rings (SSSR count). The summed E-state index contributed by atoms with van der Waals surface area (Å²) in [5, 5.41) is 16.1. The second kappa shape index (κ2) is 17.1. The van der Waals surface area contributed by atoms with Crippen LogP contribution in [0, 0.1) is 0 Å². The van der Waals surface area contributed by atoms with E-state index in [0.717, 1.165) is 12.7 Å². The van der Waals surface area contributed by atoms with Crippen molar-refractivity contribution in [1.82, 2.24) is 16.0 Å². The number of carbonyl (C=O) groups excluding carboxylic acids is 5. The van der Waals surface area contributed by atoms with Gasteiger partial charge in [-0.3, -0.25) is 19.2 Å². The first-order chi connectivity index (χ1) is 20.0. The zero-order valence-electron chi connectivity index (χ0n) is 23.4. The molecule has 42 heavy (non-hydrogen) atoms. The van der Waals surface area contributed by atoms with Crippen LogP contribution >= 0.6 is 0 Å². The van der Waals surface area contributed by atoms with Crippen LogP contribution in [0.5, 0.6) is 0 Å². The number of hydrogen-bond donors (Lipinski definition) is 4. The SMILES string of the molecule is CO[C@@](C)(NC(=O)CCC(=O)O)C(=O)N[C@@H](CCCNC(=O)OCc1ccccc1)C(=O)OCC(=O)c1ccccc1. The number of alkyl carbamates (subject to hydrolysis) is 1. The molecule has 0 saturated carbocycles. The highest BCUT2D eigenvalue weighted by Crippen LogP contribution is 2.10. The van der Waals surface area contributed by atoms with Crippen LogP contribution in [0.1, 0.15) is 48.5 Å². The Bertz CT molecular complexity index is 1220. The maximum absolute atomic E-state index is 13.1. The predicted octanol–water partition coefficient (Wildman–Crippen LogP) is 1.95. The van der Waals surface area contributed by atoms with Crippen molar-refractivity contribution < 1.29 is 48.1 Å². The number of benzene rings is 2. The first-order valence-electron chi connectivity index (χ1n) is 13.1. The number of amides is 3. The minimum atomic E-state index is -1.95. The quantitative estimate of drug-likeness (QED) is 0.0925. The standard InChI is InChI=1S/C29H35N3O10/c1-29(40-2,32-24(34)15-16-25(35)36)27(38)31-22(26(37)41-19-23(33)21-12-7-4-8-13-21)14-9-17-30-28(39)42-18-20-10-5-3-6-11-20/h3-8,10-13,22H,9,14-19H2,1-2H3,(H,30,39)(H,31,38)(H,32,34)(H,35,36)/t22-,29+/m0/s1. The van der Waals surface area contributed by atoms with E-state index < -0.39 is 66.8 Å². The highest BCUT2D eigenvalue weighted by molar-refractivity contribution is 5.98. The van der Waals surface area contributed by atoms with E-state index in [1.165, 1.54) is 6.92 Å². The van der Waals surface area contributed by atoms with Gasteiger partial charge < -0.3 is 35.3 Å². The topological polar surface area (TPSA) is 186 Å². The molecule has 0 saturated heterocycles. The van der Waals surface area contributed by atoms with Gasteiger partial charge in [0, 0.05) is 25.6 Å². The third kappa shape index (κ3) is 11.8. The number of carbonyl (C=O) groups is 6. The highest BCUT2D eigenvalue weighted by atomic mass is 16.5. The normalized spacial score (nSPS) is 12.6. The van der Waals surface area contributed by atoms with Gasteiger partial charge in [-0.2, -0.15) is 0 Å². The van der Waals surface area contributed by atoms with Crippen molar-refractivity contribution in [2.75, 3.05) is 20.3 Å². The number of ketones is 1. The lowest BCUT2D eigenvalue weighted by Crippen LogP contribution is -2.60. The fourth-order valence-corrected chi connectivity index (χ4v) is 3.51. The van der Waals surface area contributed by atoms with Crippen LogP contribution in [0.15, 0.2) is 60.7 Å². The molecule has 0 radical (unpaired) electrons. The van der Waals surface area contributed by atoms with Crippen molar-refractivity contribution >= 4 is 35.6 Å². The van der Waals surface area contributed by atoms with Crippen molar-refractivity contribution in [3.05, 3.63) is 71.8 Å². The summed E-state index contributed by atoms with van der Waals surface area (Å²) in [5.41, 5.74) is -0.812. The van der Waals surface area contributed by atoms with Crippen molar-refractivity contribution in [2.24, 2.45) is 0 Å². The van der Waals surface area contributed by atoms with Crippen LogP contribution in [-0.4, -0.2) is 72.8 Å². The Morgan fingerprint density at radius 2 is 1.55 bits per heavy atom. The third-order valence-electron chi connectivity index (χ3n) is 5.97. The molecule has 0 fully saturated rings. The van der Waals surface area contributed by atoms with Crippen LogP contribution in [0.4, 0.5) is 4.79 Å². The molecule has 0 bridgehead atoms. The smallest absolute Gasteiger partial charge is 0.407 e. The summed E-state index contributed by atoms with van der Waals surface area (Å²) in [4.78, 5) is 73.3. The number of methoxy groups -OCH3 is 1. The van der Waals surface area contributed by atoms with E-state index in [0.29, 0.717) is 5.56 Å². The largest absolute Gasteiger partial charge is 0.481 e. The lowest BCUT2D eigenvalue weighted by atomic mass is 10.1. The number of carboxylic acids is 1. The summed E-state index contributed by atoms with van der Waals surface area (Å²) < 4.78 is 15.5. The number of esters is 1. The number of rotatable bonds is 17. The molecule has 0 unspecified atom stereocenters. The van der Waals surface area contributed by atoms with Gasteiger partial charge in [0.15, 0.2) is 12.4 Å². The third-order valence-corrected chi connectivity index (χ3v) is 5.97. The van der Waals surface area contributed by atoms with Crippen LogP contribution in [-0.2, 0) is 40.0 Å². The Balaban J connectivity index is 1.99. The average molecular weight is 586 g/mol. The zero-order chi connectivity index (χ0) is 31.0. The Hall–Kier alpha value is -4.78. The molecule has 13 heteroatoms. The predicted molar refractivity (Wildman–Crippen MR) is 148 cm³/mol. The number of aliphatic carboxylic acids is 1. The zero-order valence-corrected chi connectivity index (χ0v) is 23.4. The van der Waals surface area contributed by atoms with E-state index in [1.54, 1.807) is 42.5 Å². The first-order valence-corrected chi connectivity index (χ1v) is 13.1. The monoisotopic (exact) mass is 585 g/mol. The summed E-state index contributed by atoms with van der Waals surface area (Å²) in [5.74, 6) is -4.25. The molecule has 0 aliphatic carbocycles. The van der Waals surface area contributed by atoms with E-state index in [4.69, 9.17) is 19.3 Å². The second-order valence-electron chi connectivity index (χ2n) is 9.23. The van der Waals surface area contributed by atoms with Crippen LogP contribution in [0.3, 0.4) is 0 Å². The van der Waals surface area contributed by atoms with E-state index in [2.05, 4.69) is 16.0 Å². The number of nitrogens with one attached hydrogen (secondary N) is 3. The first kappa shape index (κ1) is 33.4. The summed E-state index contributed by atoms with van der Waals surface area (Å²) in [6.07, 6.45) is -1.36. The molecular weight excluding hydrogens is 550 g/mol. The Morgan fingerprint density at radius 1 is 0.905 bits per heavy atom. The maximum Gasteiger partial charge on any atom is 0.407 e. The molecule has 2 aromatic carbocycles. The van der Waals surface area contributed by atoms with Gasteiger partial charge in [-0.15, -0.1) is 0 Å². The molecule has 2 atom stereocenters. The lowest BCUT2D eigenvalue weighted by Gasteiger charge is -2.29. The van der Waals surface area contributed by atoms with E-state index in [-0.39, 0.29) is 26.0 Å². The van der Waals surface area contributed by atoms with Crippen molar-refractivity contribution in [3.8, 4) is 0 Å². The van der Waals surface area contributed by atoms with E-state index >= 15 is 0 Å². The average Bonchev–Trinajstić information content (AvgIpc) is 2.99. The fourth-order valence-electron chi connectivity index (χ4n) is 3.51. The minimum Gasteiger partial charge on any atom is -0.481 e. The summed E-state index contributed by atoms with van der Waals surface area (Å²) >= 11 is 0. The van der Waals surface area contributed by atoms with Gasteiger partial charge in [-0.25, -0.2) is 9.59 Å². The number of ether oxygens (including phenoxy) is 3. The van der Waals surface area contributed by atoms with Gasteiger partial charge >= 0.3 is 18.0 Å². The minimum absolute atomic E-state index is 0.0180. The van der Waals surface area contributed by atoms with Gasteiger partial charge in [0.25, 0.3) is 5.91 Å². The van der Waals surface area contributed by atoms with Gasteiger partial charge in [-0.05, 0) is 25.3 Å². The summed E-state index contributed by atoms with van der Waals surface area (Å²) in [7, 11) is 1.15. The Labute approximate surface area is 242 Å². The number of Topliss-reactive ketones (excluding diaryl/α,β-unsaturated/α-hetero) is 1. The molecule has 226 valence electrons. The molecule has 0 aromatic heterocycles. The van der Waals surface area contributed by atoms with Crippen LogP contribution in [0.25, 0.3) is 0 Å². The van der Waals surface area contributed by atoms with Crippen molar-refractivity contribution in [1.29, 1.82) is 0 Å². The molecule has 0 heterocycles. The van der Waals surface area contributed by atoms with Crippen LogP contribution in [0.2, 0.25) is 0 Å². The molecule has 0 aliphatic heterocycles. The van der Waals surface area contributed by atoms with Gasteiger partial charge in [0.05, 0.1) is 6.42 Å². The molecule has 13 nitrogen and oxygen atoms in total. The molecule has 4 N–H and O–H groups in total. The van der Waals surface area contributed by atoms with Crippen molar-refractivity contribution in [3.63, 3.8) is 0 Å².